The molecule has 0 aliphatic carbocycles. The molecule has 224 valence electrons. The van der Waals surface area contributed by atoms with Gasteiger partial charge in [-0.1, -0.05) is 133 Å². The Bertz CT molecular complexity index is 2830. The summed E-state index contributed by atoms with van der Waals surface area (Å²) in [6.07, 6.45) is 0. The first-order valence-electron chi connectivity index (χ1n) is 16.5. The minimum Gasteiger partial charge on any atom is -0.307 e. The van der Waals surface area contributed by atoms with Crippen molar-refractivity contribution in [2.75, 3.05) is 0 Å². The number of benzene rings is 8. The molecular weight excluding hydrogens is 581 g/mol. The van der Waals surface area contributed by atoms with Crippen LogP contribution >= 0.6 is 0 Å². The Hall–Kier alpha value is -6.38. The van der Waals surface area contributed by atoms with Crippen molar-refractivity contribution in [2.45, 2.75) is 0 Å². The first kappa shape index (κ1) is 26.8. The molecule has 10 rings (SSSR count). The van der Waals surface area contributed by atoms with E-state index in [2.05, 4.69) is 191 Å². The lowest BCUT2D eigenvalue weighted by molar-refractivity contribution is 1.15. The van der Waals surface area contributed by atoms with E-state index in [1.165, 1.54) is 76.6 Å². The third-order valence-corrected chi connectivity index (χ3v) is 9.87. The van der Waals surface area contributed by atoms with Crippen LogP contribution in [0.25, 0.3) is 88.0 Å². The van der Waals surface area contributed by atoms with E-state index in [4.69, 9.17) is 0 Å². The van der Waals surface area contributed by atoms with Gasteiger partial charge in [-0.15, -0.1) is 0 Å². The summed E-state index contributed by atoms with van der Waals surface area (Å²) >= 11 is 0. The summed E-state index contributed by atoms with van der Waals surface area (Å²) in [5.41, 5.74) is 12.0. The van der Waals surface area contributed by atoms with Crippen molar-refractivity contribution in [3.63, 3.8) is 0 Å². The second kappa shape index (κ2) is 10.6. The van der Waals surface area contributed by atoms with E-state index < -0.39 is 0 Å². The first-order valence-corrected chi connectivity index (χ1v) is 16.5. The molecule has 2 aromatic heterocycles. The summed E-state index contributed by atoms with van der Waals surface area (Å²) in [4.78, 5) is 0. The molecule has 0 radical (unpaired) electrons. The van der Waals surface area contributed by atoms with Gasteiger partial charge in [-0.3, -0.25) is 0 Å². The van der Waals surface area contributed by atoms with Gasteiger partial charge in [-0.05, 0) is 81.6 Å². The van der Waals surface area contributed by atoms with Gasteiger partial charge in [0.1, 0.15) is 0 Å². The molecule has 0 aliphatic rings. The van der Waals surface area contributed by atoms with E-state index >= 15 is 0 Å². The fourth-order valence-corrected chi connectivity index (χ4v) is 7.69. The highest BCUT2D eigenvalue weighted by molar-refractivity contribution is 6.23. The van der Waals surface area contributed by atoms with E-state index in [1.54, 1.807) is 0 Å². The van der Waals surface area contributed by atoms with Gasteiger partial charge >= 0.3 is 0 Å². The van der Waals surface area contributed by atoms with Gasteiger partial charge in [0, 0.05) is 32.9 Å². The van der Waals surface area contributed by atoms with Gasteiger partial charge in [0.2, 0.25) is 0 Å². The number of rotatable bonds is 4. The second-order valence-electron chi connectivity index (χ2n) is 12.6. The number of nitrogens with zero attached hydrogens (tertiary/aromatic N) is 2. The van der Waals surface area contributed by atoms with Crippen molar-refractivity contribution < 1.29 is 0 Å². The Morgan fingerprint density at radius 1 is 0.271 bits per heavy atom. The van der Waals surface area contributed by atoms with Crippen LogP contribution in [0.15, 0.2) is 182 Å². The zero-order valence-electron chi connectivity index (χ0n) is 26.2. The highest BCUT2D eigenvalue weighted by atomic mass is 15.0. The maximum atomic E-state index is 2.47. The quantitative estimate of drug-likeness (QED) is 0.188. The number of hydrogen-bond donors (Lipinski definition) is 0. The molecule has 2 nitrogen and oxygen atoms in total. The van der Waals surface area contributed by atoms with Crippen LogP contribution in [0.4, 0.5) is 0 Å². The van der Waals surface area contributed by atoms with E-state index in [9.17, 15) is 0 Å². The zero-order chi connectivity index (χ0) is 31.6. The summed E-state index contributed by atoms with van der Waals surface area (Å²) in [6.45, 7) is 0. The topological polar surface area (TPSA) is 9.86 Å². The second-order valence-corrected chi connectivity index (χ2v) is 12.6. The third-order valence-electron chi connectivity index (χ3n) is 9.87. The van der Waals surface area contributed by atoms with E-state index in [-0.39, 0.29) is 0 Å². The molecule has 0 saturated heterocycles. The SMILES string of the molecule is c1ccc(-n2c3ccccc3c3ccc4c5ccccc5n(-c5cccc(-c6cccc(-c7ccc8ccccc8c7)c6)c5)c4c32)cc1. The maximum Gasteiger partial charge on any atom is 0.0788 e. The summed E-state index contributed by atoms with van der Waals surface area (Å²) < 4.78 is 4.92. The molecule has 0 N–H and O–H groups in total. The zero-order valence-corrected chi connectivity index (χ0v) is 26.2. The molecule has 8 aromatic carbocycles. The molecule has 48 heavy (non-hydrogen) atoms. The van der Waals surface area contributed by atoms with Crippen LogP contribution in [0.1, 0.15) is 0 Å². The lowest BCUT2D eigenvalue weighted by Gasteiger charge is -2.14. The summed E-state index contributed by atoms with van der Waals surface area (Å²) in [5.74, 6) is 0. The van der Waals surface area contributed by atoms with Crippen LogP contribution in [0.2, 0.25) is 0 Å². The lowest BCUT2D eigenvalue weighted by Crippen LogP contribution is -1.98. The number of aromatic nitrogens is 2. The van der Waals surface area contributed by atoms with Crippen molar-refractivity contribution in [1.29, 1.82) is 0 Å². The molecule has 0 saturated carbocycles. The Kier molecular flexibility index (Phi) is 5.91. The van der Waals surface area contributed by atoms with Crippen molar-refractivity contribution >= 4 is 54.4 Å². The summed E-state index contributed by atoms with van der Waals surface area (Å²) in [6, 6.07) is 66.2. The molecule has 0 unspecified atom stereocenters. The molecule has 0 bridgehead atoms. The fourth-order valence-electron chi connectivity index (χ4n) is 7.69. The Labute approximate surface area is 278 Å². The van der Waals surface area contributed by atoms with Gasteiger partial charge in [0.05, 0.1) is 22.1 Å². The molecule has 0 fully saturated rings. The van der Waals surface area contributed by atoms with Crippen LogP contribution in [-0.4, -0.2) is 9.13 Å². The molecule has 0 atom stereocenters. The van der Waals surface area contributed by atoms with Crippen molar-refractivity contribution in [3.05, 3.63) is 182 Å². The van der Waals surface area contributed by atoms with E-state index in [0.717, 1.165) is 11.4 Å². The molecule has 0 amide bonds. The monoisotopic (exact) mass is 610 g/mol. The number of hydrogen-bond acceptors (Lipinski definition) is 0. The fraction of sp³-hybridized carbons (Fsp3) is 0. The molecule has 2 heterocycles. The predicted octanol–water partition coefficient (Wildman–Crippen LogP) is 12.4. The molecular formula is C46H30N2. The molecule has 0 spiro atoms. The van der Waals surface area contributed by atoms with Crippen LogP contribution in [0.3, 0.4) is 0 Å². The number of para-hydroxylation sites is 3. The predicted molar refractivity (Wildman–Crippen MR) is 203 cm³/mol. The smallest absolute Gasteiger partial charge is 0.0788 e. The van der Waals surface area contributed by atoms with Crippen molar-refractivity contribution in [2.24, 2.45) is 0 Å². The summed E-state index contributed by atoms with van der Waals surface area (Å²) in [7, 11) is 0. The highest BCUT2D eigenvalue weighted by Crippen LogP contribution is 2.42. The number of fused-ring (bicyclic) bond motifs is 8. The van der Waals surface area contributed by atoms with Gasteiger partial charge in [-0.25, -0.2) is 0 Å². The average molecular weight is 611 g/mol. The van der Waals surface area contributed by atoms with Crippen molar-refractivity contribution in [1.82, 2.24) is 9.13 Å². The highest BCUT2D eigenvalue weighted by Gasteiger charge is 2.21. The molecule has 0 aliphatic heterocycles. The van der Waals surface area contributed by atoms with Crippen LogP contribution in [-0.2, 0) is 0 Å². The molecule has 10 aromatic rings. The summed E-state index contributed by atoms with van der Waals surface area (Å²) in [5, 5.41) is 7.54. The Morgan fingerprint density at radius 3 is 1.46 bits per heavy atom. The van der Waals surface area contributed by atoms with Gasteiger partial charge in [0.25, 0.3) is 0 Å². The van der Waals surface area contributed by atoms with Crippen LogP contribution < -0.4 is 0 Å². The Morgan fingerprint density at radius 2 is 0.771 bits per heavy atom. The minimum atomic E-state index is 1.15. The normalized spacial score (nSPS) is 11.8. The maximum absolute atomic E-state index is 2.47. The standard InChI is InChI=1S/C46H30N2/c1-2-17-37(18-3-1)47-43-22-8-6-20-39(43)41-26-27-42-40-21-7-9-23-44(40)48(46(42)45(41)47)38-19-11-16-35(30-38)33-14-10-15-34(29-33)36-25-24-31-12-4-5-13-32(31)28-36/h1-30H. The lowest BCUT2D eigenvalue weighted by atomic mass is 9.97. The minimum absolute atomic E-state index is 1.15. The average Bonchev–Trinajstić information content (AvgIpc) is 3.68. The van der Waals surface area contributed by atoms with E-state index in [1.807, 2.05) is 0 Å². The third kappa shape index (κ3) is 4.06. The van der Waals surface area contributed by atoms with E-state index in [0.29, 0.717) is 0 Å². The van der Waals surface area contributed by atoms with Gasteiger partial charge in [0.15, 0.2) is 0 Å². The first-order chi connectivity index (χ1) is 23.8. The molecule has 2 heteroatoms. The largest absolute Gasteiger partial charge is 0.307 e. The van der Waals surface area contributed by atoms with Crippen LogP contribution in [0.5, 0.6) is 0 Å². The van der Waals surface area contributed by atoms with Gasteiger partial charge in [-0.2, -0.15) is 0 Å². The Balaban J connectivity index is 1.22. The van der Waals surface area contributed by atoms with Crippen LogP contribution in [0, 0.1) is 0 Å². The van der Waals surface area contributed by atoms with Crippen molar-refractivity contribution in [3.8, 4) is 33.6 Å². The van der Waals surface area contributed by atoms with Gasteiger partial charge < -0.3 is 9.13 Å².